The van der Waals surface area contributed by atoms with Crippen LogP contribution in [-0.2, 0) is 10.2 Å². The first kappa shape index (κ1) is 12.9. The lowest BCUT2D eigenvalue weighted by atomic mass is 9.53. The van der Waals surface area contributed by atoms with Gasteiger partial charge in [0, 0.05) is 18.7 Å². The van der Waals surface area contributed by atoms with E-state index in [0.717, 1.165) is 18.7 Å². The summed E-state index contributed by atoms with van der Waals surface area (Å²) in [6.07, 6.45) is 6.54. The van der Waals surface area contributed by atoms with Crippen LogP contribution in [0.15, 0.2) is 29.3 Å². The van der Waals surface area contributed by atoms with Gasteiger partial charge >= 0.3 is 0 Å². The van der Waals surface area contributed by atoms with Crippen LogP contribution in [0.2, 0.25) is 0 Å². The number of rotatable bonds is 1. The maximum absolute atomic E-state index is 12.8. The molecule has 0 N–H and O–H groups in total. The van der Waals surface area contributed by atoms with Gasteiger partial charge in [-0.25, -0.2) is 0 Å². The van der Waals surface area contributed by atoms with Crippen LogP contribution in [0, 0.1) is 5.41 Å². The van der Waals surface area contributed by atoms with Gasteiger partial charge < -0.3 is 4.90 Å². The molecule has 2 saturated heterocycles. The summed E-state index contributed by atoms with van der Waals surface area (Å²) < 4.78 is 0. The van der Waals surface area contributed by atoms with Crippen molar-refractivity contribution < 1.29 is 4.79 Å². The second kappa shape index (κ2) is 4.01. The van der Waals surface area contributed by atoms with E-state index >= 15 is 0 Å². The number of aliphatic imine (C=N–C) groups is 1. The lowest BCUT2D eigenvalue weighted by Crippen LogP contribution is -2.61. The van der Waals surface area contributed by atoms with Crippen molar-refractivity contribution in [2.24, 2.45) is 10.4 Å². The highest BCUT2D eigenvalue weighted by Gasteiger charge is 2.67. The summed E-state index contributed by atoms with van der Waals surface area (Å²) >= 11 is 0. The number of nitrogens with zero attached hydrogens (tertiary/aromatic N) is 2. The Balaban J connectivity index is 1.79. The van der Waals surface area contributed by atoms with Crippen molar-refractivity contribution in [2.75, 3.05) is 6.54 Å². The molecular weight excluding hydrogens is 272 g/mol. The number of hydrogen-bond donors (Lipinski definition) is 0. The summed E-state index contributed by atoms with van der Waals surface area (Å²) in [5.74, 6) is 0.355. The Bertz CT molecular complexity index is 709. The van der Waals surface area contributed by atoms with Gasteiger partial charge in [-0.3, -0.25) is 9.79 Å². The van der Waals surface area contributed by atoms with Crippen molar-refractivity contribution in [1.82, 2.24) is 4.90 Å². The highest BCUT2D eigenvalue weighted by Crippen LogP contribution is 2.62. The van der Waals surface area contributed by atoms with Crippen molar-refractivity contribution in [1.29, 1.82) is 0 Å². The van der Waals surface area contributed by atoms with Crippen LogP contribution >= 0.6 is 0 Å². The number of amides is 1. The van der Waals surface area contributed by atoms with E-state index in [0.29, 0.717) is 23.8 Å². The number of piperidine rings is 1. The molecule has 3 heterocycles. The van der Waals surface area contributed by atoms with Crippen molar-refractivity contribution in [2.45, 2.75) is 56.9 Å². The molecule has 4 aliphatic rings. The molecule has 1 aromatic carbocycles. The summed E-state index contributed by atoms with van der Waals surface area (Å²) in [5.41, 5.74) is 3.93. The monoisotopic (exact) mass is 294 g/mol. The number of para-hydroxylation sites is 1. The zero-order valence-corrected chi connectivity index (χ0v) is 13.1. The normalized spacial score (nSPS) is 38.4. The molecule has 114 valence electrons. The molecule has 1 amide bonds. The van der Waals surface area contributed by atoms with E-state index in [1.807, 2.05) is 0 Å². The van der Waals surface area contributed by atoms with Gasteiger partial charge in [0.2, 0.25) is 5.91 Å². The molecule has 0 unspecified atom stereocenters. The van der Waals surface area contributed by atoms with E-state index in [1.165, 1.54) is 37.0 Å². The quantitative estimate of drug-likeness (QED) is 0.779. The second-order valence-corrected chi connectivity index (χ2v) is 7.53. The minimum atomic E-state index is -0.109. The fourth-order valence-electron chi connectivity index (χ4n) is 6.00. The lowest BCUT2D eigenvalue weighted by molar-refractivity contribution is -0.133. The molecule has 1 aliphatic carbocycles. The molecule has 3 aliphatic heterocycles. The molecule has 1 spiro atoms. The SMILES string of the molecule is CC[C@]12CCCN3C(=O)C[C@]4(C(=Nc5ccccc54)CC1)[C@@H]32. The zero-order chi connectivity index (χ0) is 14.9. The molecular formula is C19H22N2O. The Morgan fingerprint density at radius 3 is 3.05 bits per heavy atom. The molecule has 3 nitrogen and oxygen atoms in total. The number of carbonyl (C=O) groups excluding carboxylic acids is 1. The number of carbonyl (C=O) groups is 1. The Morgan fingerprint density at radius 1 is 1.32 bits per heavy atom. The molecule has 3 fully saturated rings. The Hall–Kier alpha value is -1.64. The summed E-state index contributed by atoms with van der Waals surface area (Å²) in [5, 5.41) is 0. The minimum Gasteiger partial charge on any atom is -0.338 e. The van der Waals surface area contributed by atoms with E-state index in [1.54, 1.807) is 0 Å². The average Bonchev–Trinajstić information content (AvgIpc) is 3.04. The highest BCUT2D eigenvalue weighted by atomic mass is 16.2. The maximum atomic E-state index is 12.8. The van der Waals surface area contributed by atoms with E-state index < -0.39 is 0 Å². The molecule has 22 heavy (non-hydrogen) atoms. The van der Waals surface area contributed by atoms with E-state index in [4.69, 9.17) is 4.99 Å². The van der Waals surface area contributed by atoms with Crippen LogP contribution in [0.3, 0.4) is 0 Å². The standard InChI is InChI=1S/C19H22N2O/c1-2-18-9-5-11-21-16(22)12-19(17(18)21)13-6-3-4-7-14(13)20-15(19)8-10-18/h3-4,6-7,17H,2,5,8-12H2,1H3/t17-,18-,19-/m0/s1. The third kappa shape index (κ3) is 1.26. The van der Waals surface area contributed by atoms with Crippen LogP contribution in [-0.4, -0.2) is 29.1 Å². The molecule has 0 radical (unpaired) electrons. The van der Waals surface area contributed by atoms with Crippen LogP contribution in [0.25, 0.3) is 0 Å². The Morgan fingerprint density at radius 2 is 2.18 bits per heavy atom. The average molecular weight is 294 g/mol. The maximum Gasteiger partial charge on any atom is 0.224 e. The molecule has 3 atom stereocenters. The summed E-state index contributed by atoms with van der Waals surface area (Å²) in [6.45, 7) is 3.27. The van der Waals surface area contributed by atoms with E-state index in [9.17, 15) is 4.79 Å². The van der Waals surface area contributed by atoms with Crippen molar-refractivity contribution in [3.8, 4) is 0 Å². The van der Waals surface area contributed by atoms with Gasteiger partial charge in [-0.1, -0.05) is 25.1 Å². The molecule has 0 aromatic heterocycles. The minimum absolute atomic E-state index is 0.109. The smallest absolute Gasteiger partial charge is 0.224 e. The lowest BCUT2D eigenvalue weighted by Gasteiger charge is -2.55. The van der Waals surface area contributed by atoms with Crippen LogP contribution in [0.5, 0.6) is 0 Å². The van der Waals surface area contributed by atoms with Crippen molar-refractivity contribution in [3.05, 3.63) is 29.8 Å². The predicted octanol–water partition coefficient (Wildman–Crippen LogP) is 3.60. The Kier molecular flexibility index (Phi) is 2.34. The molecule has 1 aromatic rings. The third-order valence-corrected chi connectivity index (χ3v) is 6.90. The third-order valence-electron chi connectivity index (χ3n) is 6.90. The van der Waals surface area contributed by atoms with Gasteiger partial charge in [-0.2, -0.15) is 0 Å². The molecule has 0 bridgehead atoms. The van der Waals surface area contributed by atoms with Gasteiger partial charge in [-0.05, 0) is 49.1 Å². The van der Waals surface area contributed by atoms with Crippen molar-refractivity contribution in [3.63, 3.8) is 0 Å². The number of benzene rings is 1. The first-order chi connectivity index (χ1) is 10.7. The fourth-order valence-corrected chi connectivity index (χ4v) is 6.00. The Labute approximate surface area is 131 Å². The van der Waals surface area contributed by atoms with Gasteiger partial charge in [0.15, 0.2) is 0 Å². The van der Waals surface area contributed by atoms with E-state index in [-0.39, 0.29) is 5.41 Å². The first-order valence-electron chi connectivity index (χ1n) is 8.68. The fraction of sp³-hybridized carbons (Fsp3) is 0.579. The molecule has 3 heteroatoms. The van der Waals surface area contributed by atoms with Crippen LogP contribution in [0.1, 0.15) is 51.0 Å². The van der Waals surface area contributed by atoms with Gasteiger partial charge in [-0.15, -0.1) is 0 Å². The van der Waals surface area contributed by atoms with E-state index in [2.05, 4.69) is 36.1 Å². The first-order valence-corrected chi connectivity index (χ1v) is 8.68. The zero-order valence-electron chi connectivity index (χ0n) is 13.1. The topological polar surface area (TPSA) is 32.7 Å². The molecule has 1 saturated carbocycles. The number of hydrogen-bond acceptors (Lipinski definition) is 2. The predicted molar refractivity (Wildman–Crippen MR) is 86.5 cm³/mol. The number of fused-ring (bicyclic) bond motifs is 1. The summed E-state index contributed by atoms with van der Waals surface area (Å²) in [4.78, 5) is 20.0. The summed E-state index contributed by atoms with van der Waals surface area (Å²) in [6, 6.07) is 8.88. The van der Waals surface area contributed by atoms with Crippen LogP contribution < -0.4 is 0 Å². The summed E-state index contributed by atoms with van der Waals surface area (Å²) in [7, 11) is 0. The van der Waals surface area contributed by atoms with Gasteiger partial charge in [0.05, 0.1) is 17.1 Å². The highest BCUT2D eigenvalue weighted by molar-refractivity contribution is 6.08. The van der Waals surface area contributed by atoms with Gasteiger partial charge in [0.1, 0.15) is 0 Å². The second-order valence-electron chi connectivity index (χ2n) is 7.53. The van der Waals surface area contributed by atoms with Crippen LogP contribution in [0.4, 0.5) is 5.69 Å². The van der Waals surface area contributed by atoms with Gasteiger partial charge in [0.25, 0.3) is 0 Å². The van der Waals surface area contributed by atoms with Crippen molar-refractivity contribution >= 4 is 17.3 Å². The molecule has 5 rings (SSSR count). The largest absolute Gasteiger partial charge is 0.338 e.